The Kier molecular flexibility index (Phi) is 3.39. The van der Waals surface area contributed by atoms with Crippen LogP contribution in [0.3, 0.4) is 0 Å². The monoisotopic (exact) mass is 299 g/mol. The van der Waals surface area contributed by atoms with Crippen molar-refractivity contribution in [2.45, 2.75) is 0 Å². The van der Waals surface area contributed by atoms with E-state index in [1.165, 1.54) is 5.01 Å². The first kappa shape index (κ1) is 13.6. The van der Waals surface area contributed by atoms with Gasteiger partial charge in [-0.2, -0.15) is 0 Å². The highest BCUT2D eigenvalue weighted by atomic mass is 32.1. The Bertz CT molecular complexity index is 867. The SMILES string of the molecule is CN(N=O)c1ccc2nc3ccc(=[N+](C)C)cc-3sc2c1. The van der Waals surface area contributed by atoms with Crippen LogP contribution in [0, 0.1) is 4.91 Å². The highest BCUT2D eigenvalue weighted by Gasteiger charge is 2.10. The smallest absolute Gasteiger partial charge is 0.201 e. The fourth-order valence-corrected chi connectivity index (χ4v) is 3.16. The molecule has 5 nitrogen and oxygen atoms in total. The summed E-state index contributed by atoms with van der Waals surface area (Å²) in [5.74, 6) is 0. The zero-order valence-corrected chi connectivity index (χ0v) is 12.9. The van der Waals surface area contributed by atoms with Crippen LogP contribution < -0.4 is 14.9 Å². The van der Waals surface area contributed by atoms with Crippen LogP contribution in [0.15, 0.2) is 41.7 Å². The molecule has 0 bridgehead atoms. The fraction of sp³-hybridized carbons (Fsp3) is 0.200. The Morgan fingerprint density at radius 2 is 2.00 bits per heavy atom. The van der Waals surface area contributed by atoms with Gasteiger partial charge in [0.2, 0.25) is 5.36 Å². The molecule has 2 aliphatic rings. The van der Waals surface area contributed by atoms with Crippen molar-refractivity contribution in [3.63, 3.8) is 0 Å². The van der Waals surface area contributed by atoms with E-state index in [2.05, 4.69) is 27.0 Å². The third-order valence-corrected chi connectivity index (χ3v) is 4.45. The average molecular weight is 299 g/mol. The Morgan fingerprint density at radius 1 is 1.19 bits per heavy atom. The van der Waals surface area contributed by atoms with Gasteiger partial charge in [0.15, 0.2) is 0 Å². The summed E-state index contributed by atoms with van der Waals surface area (Å²) in [7, 11) is 5.67. The first-order chi connectivity index (χ1) is 10.1. The maximum atomic E-state index is 10.6. The van der Waals surface area contributed by atoms with Gasteiger partial charge in [-0.15, -0.1) is 16.2 Å². The molecule has 0 amide bonds. The normalized spacial score (nSPS) is 10.8. The van der Waals surface area contributed by atoms with E-state index in [9.17, 15) is 4.91 Å². The van der Waals surface area contributed by atoms with Gasteiger partial charge in [-0.05, 0) is 24.3 Å². The molecule has 21 heavy (non-hydrogen) atoms. The second kappa shape index (κ2) is 5.21. The Hall–Kier alpha value is -2.34. The number of nitrogens with zero attached hydrogens (tertiary/aromatic N) is 4. The van der Waals surface area contributed by atoms with E-state index in [4.69, 9.17) is 0 Å². The highest BCUT2D eigenvalue weighted by Crippen LogP contribution is 2.31. The van der Waals surface area contributed by atoms with Gasteiger partial charge >= 0.3 is 0 Å². The molecule has 0 unspecified atom stereocenters. The van der Waals surface area contributed by atoms with Gasteiger partial charge < -0.3 is 0 Å². The quantitative estimate of drug-likeness (QED) is 0.316. The standard InChI is InChI=1S/C15H15N4OS/c1-18(2)10-4-6-12-14(8-10)21-15-9-11(19(3)17-20)5-7-13(15)16-12/h4-9H,1-3H3/q+1. The van der Waals surface area contributed by atoms with Crippen molar-refractivity contribution in [3.8, 4) is 10.6 Å². The molecule has 1 aliphatic heterocycles. The third kappa shape index (κ3) is 2.50. The lowest BCUT2D eigenvalue weighted by atomic mass is 10.2. The average Bonchev–Trinajstić information content (AvgIpc) is 2.50. The maximum absolute atomic E-state index is 10.6. The van der Waals surface area contributed by atoms with Gasteiger partial charge in [-0.3, -0.25) is 0 Å². The van der Waals surface area contributed by atoms with Crippen LogP contribution >= 0.6 is 11.3 Å². The van der Waals surface area contributed by atoms with Gasteiger partial charge in [0, 0.05) is 19.2 Å². The van der Waals surface area contributed by atoms with E-state index in [0.717, 1.165) is 31.8 Å². The zero-order valence-electron chi connectivity index (χ0n) is 12.1. The molecule has 0 radical (unpaired) electrons. The number of fused-ring (bicyclic) bond motifs is 2. The van der Waals surface area contributed by atoms with Gasteiger partial charge in [0.25, 0.3) is 0 Å². The van der Waals surface area contributed by atoms with Crippen LogP contribution in [0.1, 0.15) is 0 Å². The maximum Gasteiger partial charge on any atom is 0.201 e. The van der Waals surface area contributed by atoms with E-state index < -0.39 is 0 Å². The molecule has 3 rings (SSSR count). The predicted octanol–water partition coefficient (Wildman–Crippen LogP) is 2.55. The summed E-state index contributed by atoms with van der Waals surface area (Å²) in [6.45, 7) is 0. The number of rotatable bonds is 2. The van der Waals surface area contributed by atoms with Crippen molar-refractivity contribution in [2.24, 2.45) is 5.29 Å². The first-order valence-corrected chi connectivity index (χ1v) is 7.32. The minimum atomic E-state index is 0.763. The topological polar surface area (TPSA) is 48.6 Å². The minimum absolute atomic E-state index is 0.763. The Labute approximate surface area is 126 Å². The van der Waals surface area contributed by atoms with Crippen molar-refractivity contribution >= 4 is 27.2 Å². The second-order valence-electron chi connectivity index (χ2n) is 5.02. The first-order valence-electron chi connectivity index (χ1n) is 6.50. The summed E-state index contributed by atoms with van der Waals surface area (Å²) >= 11 is 1.67. The number of hydrogen-bond acceptors (Lipinski definition) is 4. The van der Waals surface area contributed by atoms with Crippen molar-refractivity contribution in [1.82, 2.24) is 9.56 Å². The summed E-state index contributed by atoms with van der Waals surface area (Å²) in [4.78, 5) is 16.4. The van der Waals surface area contributed by atoms with Crippen molar-refractivity contribution < 1.29 is 0 Å². The summed E-state index contributed by atoms with van der Waals surface area (Å²) in [6, 6.07) is 11.9. The second-order valence-corrected chi connectivity index (χ2v) is 6.10. The largest absolute Gasteiger partial charge is 0.246 e. The predicted molar refractivity (Wildman–Crippen MR) is 87.6 cm³/mol. The molecular formula is C15H15N4OS+. The van der Waals surface area contributed by atoms with E-state index in [1.54, 1.807) is 18.4 Å². The molecule has 6 heteroatoms. The van der Waals surface area contributed by atoms with Crippen LogP contribution in [0.25, 0.3) is 20.8 Å². The van der Waals surface area contributed by atoms with E-state index >= 15 is 0 Å². The lowest BCUT2D eigenvalue weighted by Crippen LogP contribution is -2.21. The van der Waals surface area contributed by atoms with Gasteiger partial charge in [0.1, 0.15) is 14.1 Å². The van der Waals surface area contributed by atoms with E-state index in [0.29, 0.717) is 0 Å². The van der Waals surface area contributed by atoms with Crippen molar-refractivity contribution in [3.05, 3.63) is 46.7 Å². The van der Waals surface area contributed by atoms with Crippen molar-refractivity contribution in [2.75, 3.05) is 26.2 Å². The number of aromatic nitrogens is 1. The molecule has 0 saturated heterocycles. The summed E-state index contributed by atoms with van der Waals surface area (Å²) in [6.07, 6.45) is 0. The number of benzene rings is 2. The molecular weight excluding hydrogens is 284 g/mol. The summed E-state index contributed by atoms with van der Waals surface area (Å²) in [5, 5.41) is 5.38. The molecule has 0 aromatic heterocycles. The molecule has 1 aromatic carbocycles. The number of hydrogen-bond donors (Lipinski definition) is 0. The van der Waals surface area contributed by atoms with E-state index in [-0.39, 0.29) is 0 Å². The molecule has 1 aliphatic carbocycles. The Morgan fingerprint density at radius 3 is 2.71 bits per heavy atom. The lowest BCUT2D eigenvalue weighted by Gasteiger charge is -2.10. The molecule has 0 spiro atoms. The van der Waals surface area contributed by atoms with Crippen LogP contribution in [-0.4, -0.2) is 26.1 Å². The molecule has 106 valence electrons. The summed E-state index contributed by atoms with van der Waals surface area (Å²) in [5.41, 5.74) is 2.67. The number of nitroso groups, excluding NO2 is 1. The fourth-order valence-electron chi connectivity index (χ4n) is 2.13. The molecule has 1 aromatic rings. The van der Waals surface area contributed by atoms with Crippen LogP contribution in [0.5, 0.6) is 0 Å². The Balaban J connectivity index is 2.27. The number of anilines is 1. The molecule has 0 saturated carbocycles. The van der Waals surface area contributed by atoms with Crippen molar-refractivity contribution in [1.29, 1.82) is 0 Å². The summed E-state index contributed by atoms with van der Waals surface area (Å²) < 4.78 is 3.10. The molecule has 0 N–H and O–H groups in total. The van der Waals surface area contributed by atoms with Gasteiger partial charge in [-0.25, -0.2) is 14.6 Å². The van der Waals surface area contributed by atoms with E-state index in [1.807, 2.05) is 38.4 Å². The zero-order chi connectivity index (χ0) is 15.0. The third-order valence-electron chi connectivity index (χ3n) is 3.36. The lowest BCUT2D eigenvalue weighted by molar-refractivity contribution is 0.814. The van der Waals surface area contributed by atoms with Crippen LogP contribution in [0.4, 0.5) is 5.69 Å². The molecule has 1 heterocycles. The highest BCUT2D eigenvalue weighted by molar-refractivity contribution is 7.21. The minimum Gasteiger partial charge on any atom is -0.246 e. The molecule has 0 atom stereocenters. The molecule has 0 fully saturated rings. The van der Waals surface area contributed by atoms with Gasteiger partial charge in [-0.1, -0.05) is 0 Å². The van der Waals surface area contributed by atoms with Gasteiger partial charge in [0.05, 0.1) is 31.8 Å². The van der Waals surface area contributed by atoms with Crippen LogP contribution in [0.2, 0.25) is 0 Å². The van der Waals surface area contributed by atoms with Crippen LogP contribution in [-0.2, 0) is 0 Å².